The summed E-state index contributed by atoms with van der Waals surface area (Å²) in [5, 5.41) is 10.7. The van der Waals surface area contributed by atoms with Crippen LogP contribution in [0.1, 0.15) is 36.1 Å². The average molecular weight is 465 g/mol. The number of ether oxygens (including phenoxy) is 2. The Kier molecular flexibility index (Phi) is 9.22. The summed E-state index contributed by atoms with van der Waals surface area (Å²) in [6.45, 7) is 8.01. The van der Waals surface area contributed by atoms with Crippen LogP contribution in [-0.4, -0.2) is 50.6 Å². The number of carbonyl (C=O) groups is 2. The maximum Gasteiger partial charge on any atom is 0.344 e. The van der Waals surface area contributed by atoms with E-state index < -0.39 is 18.0 Å². The molecule has 0 fully saturated rings. The molecule has 0 saturated heterocycles. The molecule has 0 aliphatic carbocycles. The fraction of sp³-hybridized carbons (Fsp3) is 0.346. The van der Waals surface area contributed by atoms with Gasteiger partial charge in [-0.1, -0.05) is 11.8 Å². The molecule has 0 bridgehead atoms. The van der Waals surface area contributed by atoms with Crippen molar-refractivity contribution in [3.8, 4) is 11.8 Å². The van der Waals surface area contributed by atoms with Crippen molar-refractivity contribution in [2.24, 2.45) is 5.73 Å². The number of nitrogen functional groups attached to an aromatic ring is 1. The molecule has 1 unspecified atom stereocenters. The Morgan fingerprint density at radius 2 is 1.76 bits per heavy atom. The van der Waals surface area contributed by atoms with Gasteiger partial charge in [-0.3, -0.25) is 10.2 Å². The lowest BCUT2D eigenvalue weighted by Gasteiger charge is -2.31. The van der Waals surface area contributed by atoms with E-state index >= 15 is 0 Å². The third kappa shape index (κ3) is 6.36. The number of methoxy groups -OCH3 is 2. The Labute approximate surface area is 200 Å². The second-order valence-corrected chi connectivity index (χ2v) is 8.04. The normalized spacial score (nSPS) is 11.3. The van der Waals surface area contributed by atoms with E-state index in [4.69, 9.17) is 20.6 Å². The van der Waals surface area contributed by atoms with E-state index in [1.165, 1.54) is 14.2 Å². The summed E-state index contributed by atoms with van der Waals surface area (Å²) in [6, 6.07) is 10.9. The van der Waals surface area contributed by atoms with Crippen molar-refractivity contribution in [1.82, 2.24) is 0 Å². The van der Waals surface area contributed by atoms with Crippen LogP contribution in [0.3, 0.4) is 0 Å². The maximum atomic E-state index is 13.1. The molecular formula is C26H32N4O4. The number of anilines is 2. The second kappa shape index (κ2) is 11.9. The Bertz CT molecular complexity index is 1110. The first-order valence-corrected chi connectivity index (χ1v) is 10.8. The lowest BCUT2D eigenvalue weighted by atomic mass is 10.0. The van der Waals surface area contributed by atoms with Crippen molar-refractivity contribution in [3.05, 3.63) is 58.7 Å². The average Bonchev–Trinajstić information content (AvgIpc) is 2.79. The Hall–Kier alpha value is -3.83. The number of amidine groups is 1. The van der Waals surface area contributed by atoms with Crippen LogP contribution in [0.15, 0.2) is 36.4 Å². The van der Waals surface area contributed by atoms with Crippen LogP contribution >= 0.6 is 0 Å². The zero-order valence-electron chi connectivity index (χ0n) is 20.5. The van der Waals surface area contributed by atoms with Crippen molar-refractivity contribution in [2.45, 2.75) is 39.8 Å². The van der Waals surface area contributed by atoms with Crippen LogP contribution in [-0.2, 0) is 19.1 Å². The van der Waals surface area contributed by atoms with E-state index in [9.17, 15) is 9.59 Å². The summed E-state index contributed by atoms with van der Waals surface area (Å²) < 4.78 is 9.84. The van der Waals surface area contributed by atoms with Gasteiger partial charge in [0.2, 0.25) is 6.10 Å². The lowest BCUT2D eigenvalue weighted by molar-refractivity contribution is -0.157. The van der Waals surface area contributed by atoms with Crippen molar-refractivity contribution in [3.63, 3.8) is 0 Å². The molecule has 1 amide bonds. The Morgan fingerprint density at radius 1 is 1.12 bits per heavy atom. The number of esters is 1. The molecule has 2 aromatic carbocycles. The van der Waals surface area contributed by atoms with Gasteiger partial charge in [0.15, 0.2) is 0 Å². The number of amides is 1. The summed E-state index contributed by atoms with van der Waals surface area (Å²) in [5.41, 5.74) is 10.3. The van der Waals surface area contributed by atoms with Crippen LogP contribution in [0.2, 0.25) is 0 Å². The quantitative estimate of drug-likeness (QED) is 0.182. The molecule has 1 atom stereocenters. The van der Waals surface area contributed by atoms with Crippen LogP contribution in [0.4, 0.5) is 11.4 Å². The van der Waals surface area contributed by atoms with Crippen LogP contribution in [0.5, 0.6) is 0 Å². The number of aryl methyl sites for hydroxylation is 2. The van der Waals surface area contributed by atoms with Crippen molar-refractivity contribution in [1.29, 1.82) is 5.41 Å². The topological polar surface area (TPSA) is 118 Å². The van der Waals surface area contributed by atoms with Crippen molar-refractivity contribution < 1.29 is 19.1 Å². The van der Waals surface area contributed by atoms with E-state index in [1.807, 2.05) is 52.0 Å². The fourth-order valence-corrected chi connectivity index (χ4v) is 3.43. The first-order chi connectivity index (χ1) is 16.1. The fourth-order valence-electron chi connectivity index (χ4n) is 3.43. The van der Waals surface area contributed by atoms with Gasteiger partial charge in [-0.2, -0.15) is 0 Å². The monoisotopic (exact) mass is 464 g/mol. The molecule has 8 heteroatoms. The van der Waals surface area contributed by atoms with E-state index in [2.05, 4.69) is 17.2 Å². The number of hydrogen-bond donors (Lipinski definition) is 3. The third-order valence-corrected chi connectivity index (χ3v) is 5.23. The molecule has 0 aromatic heterocycles. The van der Waals surface area contributed by atoms with Gasteiger partial charge in [0.1, 0.15) is 5.84 Å². The van der Waals surface area contributed by atoms with Crippen LogP contribution in [0.25, 0.3) is 0 Å². The molecule has 2 aromatic rings. The molecule has 8 nitrogen and oxygen atoms in total. The van der Waals surface area contributed by atoms with Gasteiger partial charge in [0.25, 0.3) is 5.91 Å². The minimum absolute atomic E-state index is 0.0291. The molecule has 2 rings (SSSR count). The highest BCUT2D eigenvalue weighted by atomic mass is 16.6. The molecule has 180 valence electrons. The molecule has 4 N–H and O–H groups in total. The van der Waals surface area contributed by atoms with Gasteiger partial charge in [0.05, 0.1) is 13.7 Å². The van der Waals surface area contributed by atoms with Crippen molar-refractivity contribution in [2.75, 3.05) is 31.0 Å². The summed E-state index contributed by atoms with van der Waals surface area (Å²) >= 11 is 0. The number of nitrogens with zero attached hydrogens (tertiary/aromatic N) is 1. The van der Waals surface area contributed by atoms with Gasteiger partial charge < -0.3 is 25.4 Å². The summed E-state index contributed by atoms with van der Waals surface area (Å²) in [6.07, 6.45) is -1.33. The molecule has 0 spiro atoms. The highest BCUT2D eigenvalue weighted by molar-refractivity contribution is 6.09. The van der Waals surface area contributed by atoms with Gasteiger partial charge >= 0.3 is 5.97 Å². The predicted molar refractivity (Wildman–Crippen MR) is 134 cm³/mol. The Balaban J connectivity index is 2.22. The van der Waals surface area contributed by atoms with E-state index in [0.29, 0.717) is 17.8 Å². The summed E-state index contributed by atoms with van der Waals surface area (Å²) in [7, 11) is 2.53. The lowest BCUT2D eigenvalue weighted by Crippen LogP contribution is -2.48. The van der Waals surface area contributed by atoms with Crippen LogP contribution in [0, 0.1) is 31.1 Å². The SMILES string of the molecule is COC(=O)C(OC)C(=O)N(c1cc(C)c(C#CCNc2ccc(C(=N)N)cc2)cc1C)C(C)C. The second-order valence-electron chi connectivity index (χ2n) is 8.04. The first-order valence-electron chi connectivity index (χ1n) is 10.8. The van der Waals surface area contributed by atoms with E-state index in [1.54, 1.807) is 17.0 Å². The van der Waals surface area contributed by atoms with E-state index in [-0.39, 0.29) is 11.9 Å². The highest BCUT2D eigenvalue weighted by Crippen LogP contribution is 2.27. The molecule has 0 heterocycles. The van der Waals surface area contributed by atoms with Gasteiger partial charge in [-0.25, -0.2) is 4.79 Å². The number of carbonyl (C=O) groups excluding carboxylic acids is 2. The number of nitrogens with one attached hydrogen (secondary N) is 2. The van der Waals surface area contributed by atoms with Gasteiger partial charge in [-0.05, 0) is 75.2 Å². The third-order valence-electron chi connectivity index (χ3n) is 5.23. The summed E-state index contributed by atoms with van der Waals surface area (Å²) in [5.74, 6) is 5.09. The molecular weight excluding hydrogens is 432 g/mol. The predicted octanol–water partition coefficient (Wildman–Crippen LogP) is 2.98. The molecule has 0 radical (unpaired) electrons. The van der Waals surface area contributed by atoms with Gasteiger partial charge in [-0.15, -0.1) is 0 Å². The minimum Gasteiger partial charge on any atom is -0.467 e. The zero-order chi connectivity index (χ0) is 25.4. The van der Waals surface area contributed by atoms with Gasteiger partial charge in [0, 0.05) is 35.7 Å². The first kappa shape index (κ1) is 26.4. The molecule has 34 heavy (non-hydrogen) atoms. The highest BCUT2D eigenvalue weighted by Gasteiger charge is 2.34. The summed E-state index contributed by atoms with van der Waals surface area (Å²) in [4.78, 5) is 26.7. The number of rotatable bonds is 8. The molecule has 0 saturated carbocycles. The van der Waals surface area contributed by atoms with Crippen LogP contribution < -0.4 is 16.0 Å². The maximum absolute atomic E-state index is 13.1. The molecule has 0 aliphatic rings. The minimum atomic E-state index is -1.33. The van der Waals surface area contributed by atoms with E-state index in [0.717, 1.165) is 22.4 Å². The largest absolute Gasteiger partial charge is 0.467 e. The smallest absolute Gasteiger partial charge is 0.344 e. The standard InChI is InChI=1S/C26H32N4O4/c1-16(2)30(25(31)23(33-5)26(32)34-6)22-15-17(3)20(14-18(22)4)8-7-13-29-21-11-9-19(10-12-21)24(27)28/h9-12,14-16,23,29H,13H2,1-6H3,(H3,27,28). The number of nitrogens with two attached hydrogens (primary N) is 1. The number of benzene rings is 2. The Morgan fingerprint density at radius 3 is 2.29 bits per heavy atom. The van der Waals surface area contributed by atoms with Crippen molar-refractivity contribution >= 4 is 29.1 Å². The number of hydrogen-bond acceptors (Lipinski definition) is 6. The zero-order valence-corrected chi connectivity index (χ0v) is 20.5. The molecule has 0 aliphatic heterocycles.